The molecule has 1 aliphatic rings. The van der Waals surface area contributed by atoms with Gasteiger partial charge in [0.25, 0.3) is 0 Å². The van der Waals surface area contributed by atoms with Gasteiger partial charge in [0, 0.05) is 11.1 Å². The molecule has 22 heavy (non-hydrogen) atoms. The minimum atomic E-state index is -0.359. The monoisotopic (exact) mass is 307 g/mol. The molecule has 4 nitrogen and oxygen atoms in total. The number of aliphatic hydroxyl groups is 1. The van der Waals surface area contributed by atoms with Crippen molar-refractivity contribution in [1.82, 2.24) is 5.06 Å². The molecule has 1 aromatic rings. The van der Waals surface area contributed by atoms with Gasteiger partial charge in [0.1, 0.15) is 11.9 Å². The van der Waals surface area contributed by atoms with E-state index < -0.39 is 0 Å². The number of benzene rings is 1. The van der Waals surface area contributed by atoms with Gasteiger partial charge in [-0.2, -0.15) is 5.06 Å². The molecule has 1 atom stereocenters. The lowest BCUT2D eigenvalue weighted by atomic mass is 9.82. The van der Waals surface area contributed by atoms with Crippen molar-refractivity contribution >= 4 is 0 Å². The normalized spacial score (nSPS) is 22.3. The van der Waals surface area contributed by atoms with Gasteiger partial charge in [-0.1, -0.05) is 12.1 Å². The number of nitrogens with zero attached hydrogens (tertiary/aromatic N) is 1. The van der Waals surface area contributed by atoms with E-state index in [2.05, 4.69) is 32.8 Å². The quantitative estimate of drug-likeness (QED) is 0.900. The number of piperidine rings is 1. The van der Waals surface area contributed by atoms with Crippen LogP contribution in [0.2, 0.25) is 0 Å². The average Bonchev–Trinajstić information content (AvgIpc) is 2.46. The fourth-order valence-corrected chi connectivity index (χ4v) is 3.41. The second-order valence-corrected chi connectivity index (χ2v) is 7.32. The molecule has 0 spiro atoms. The second kappa shape index (κ2) is 6.57. The van der Waals surface area contributed by atoms with E-state index in [4.69, 9.17) is 9.57 Å². The van der Waals surface area contributed by atoms with Crippen molar-refractivity contribution in [2.24, 2.45) is 0 Å². The van der Waals surface area contributed by atoms with Gasteiger partial charge in [0.2, 0.25) is 0 Å². The number of aliphatic hydroxyl groups excluding tert-OH is 1. The number of hydrogen-bond donors (Lipinski definition) is 1. The first kappa shape index (κ1) is 17.3. The lowest BCUT2D eigenvalue weighted by molar-refractivity contribution is -0.311. The first-order chi connectivity index (χ1) is 10.3. The maximum absolute atomic E-state index is 9.79. The summed E-state index contributed by atoms with van der Waals surface area (Å²) in [6.07, 6.45) is 3.03. The lowest BCUT2D eigenvalue weighted by Gasteiger charge is -2.52. The van der Waals surface area contributed by atoms with Crippen molar-refractivity contribution in [3.63, 3.8) is 0 Å². The van der Waals surface area contributed by atoms with Crippen molar-refractivity contribution in [2.45, 2.75) is 64.1 Å². The predicted molar refractivity (Wildman–Crippen MR) is 87.8 cm³/mol. The van der Waals surface area contributed by atoms with Crippen LogP contribution < -0.4 is 4.74 Å². The molecule has 0 aromatic heterocycles. The van der Waals surface area contributed by atoms with Gasteiger partial charge in [-0.05, 0) is 64.7 Å². The van der Waals surface area contributed by atoms with Crippen LogP contribution in [0.25, 0.3) is 0 Å². The summed E-state index contributed by atoms with van der Waals surface area (Å²) in [5.74, 6) is 0.805. The van der Waals surface area contributed by atoms with E-state index in [0.717, 1.165) is 24.2 Å². The zero-order valence-electron chi connectivity index (χ0n) is 14.4. The Labute approximate surface area is 134 Å². The van der Waals surface area contributed by atoms with Crippen LogP contribution in [0.4, 0.5) is 0 Å². The van der Waals surface area contributed by atoms with E-state index in [-0.39, 0.29) is 23.8 Å². The average molecular weight is 307 g/mol. The summed E-state index contributed by atoms with van der Waals surface area (Å²) >= 11 is 0. The number of methoxy groups -OCH3 is 1. The van der Waals surface area contributed by atoms with E-state index in [1.807, 2.05) is 24.3 Å². The van der Waals surface area contributed by atoms with Crippen LogP contribution in [0, 0.1) is 0 Å². The largest absolute Gasteiger partial charge is 0.497 e. The third-order valence-corrected chi connectivity index (χ3v) is 4.56. The van der Waals surface area contributed by atoms with Crippen LogP contribution >= 0.6 is 0 Å². The van der Waals surface area contributed by atoms with E-state index in [1.165, 1.54) is 6.42 Å². The number of rotatable bonds is 5. The summed E-state index contributed by atoms with van der Waals surface area (Å²) in [7, 11) is 1.65. The van der Waals surface area contributed by atoms with E-state index in [1.54, 1.807) is 7.11 Å². The molecule has 124 valence electrons. The van der Waals surface area contributed by atoms with Crippen LogP contribution in [-0.4, -0.2) is 35.0 Å². The zero-order valence-corrected chi connectivity index (χ0v) is 14.4. The van der Waals surface area contributed by atoms with E-state index in [0.29, 0.717) is 0 Å². The Hall–Kier alpha value is -1.10. The van der Waals surface area contributed by atoms with Crippen LogP contribution in [-0.2, 0) is 4.84 Å². The topological polar surface area (TPSA) is 41.9 Å². The van der Waals surface area contributed by atoms with Gasteiger partial charge in [-0.25, -0.2) is 0 Å². The first-order valence-corrected chi connectivity index (χ1v) is 8.02. The lowest BCUT2D eigenvalue weighted by Crippen LogP contribution is -2.58. The maximum atomic E-state index is 9.79. The molecule has 1 saturated heterocycles. The van der Waals surface area contributed by atoms with Crippen LogP contribution in [0.3, 0.4) is 0 Å². The molecule has 1 aliphatic heterocycles. The fourth-order valence-electron chi connectivity index (χ4n) is 3.41. The molecule has 0 bridgehead atoms. The first-order valence-electron chi connectivity index (χ1n) is 8.02. The highest BCUT2D eigenvalue weighted by atomic mass is 16.7. The molecule has 1 fully saturated rings. The summed E-state index contributed by atoms with van der Waals surface area (Å²) < 4.78 is 5.18. The minimum absolute atomic E-state index is 0.0400. The number of ether oxygens (including phenoxy) is 1. The molecule has 0 saturated carbocycles. The third kappa shape index (κ3) is 3.62. The van der Waals surface area contributed by atoms with Gasteiger partial charge >= 0.3 is 0 Å². The zero-order chi connectivity index (χ0) is 16.4. The Morgan fingerprint density at radius 1 is 1.09 bits per heavy atom. The van der Waals surface area contributed by atoms with E-state index in [9.17, 15) is 5.11 Å². The molecule has 0 amide bonds. The van der Waals surface area contributed by atoms with Crippen LogP contribution in [0.1, 0.15) is 58.6 Å². The van der Waals surface area contributed by atoms with Crippen molar-refractivity contribution in [2.75, 3.05) is 13.7 Å². The highest BCUT2D eigenvalue weighted by Gasteiger charge is 2.43. The highest BCUT2D eigenvalue weighted by molar-refractivity contribution is 5.28. The predicted octanol–water partition coefficient (Wildman–Crippen LogP) is 3.70. The summed E-state index contributed by atoms with van der Waals surface area (Å²) in [5.41, 5.74) is 0.879. The summed E-state index contributed by atoms with van der Waals surface area (Å²) in [6.45, 7) is 8.77. The molecule has 0 aliphatic carbocycles. The molecular weight excluding hydrogens is 278 g/mol. The Morgan fingerprint density at radius 3 is 2.09 bits per heavy atom. The van der Waals surface area contributed by atoms with Crippen molar-refractivity contribution in [3.8, 4) is 5.75 Å². The maximum Gasteiger partial charge on any atom is 0.127 e. The highest BCUT2D eigenvalue weighted by Crippen LogP contribution is 2.40. The van der Waals surface area contributed by atoms with Gasteiger partial charge in [0.05, 0.1) is 13.7 Å². The molecular formula is C18H29NO3. The molecule has 1 heterocycles. The van der Waals surface area contributed by atoms with Gasteiger partial charge in [-0.3, -0.25) is 4.84 Å². The molecule has 0 unspecified atom stereocenters. The minimum Gasteiger partial charge on any atom is -0.497 e. The van der Waals surface area contributed by atoms with Crippen LogP contribution in [0.15, 0.2) is 24.3 Å². The van der Waals surface area contributed by atoms with Crippen LogP contribution in [0.5, 0.6) is 5.75 Å². The Kier molecular flexibility index (Phi) is 5.15. The molecule has 0 radical (unpaired) electrons. The van der Waals surface area contributed by atoms with Crippen molar-refractivity contribution in [1.29, 1.82) is 0 Å². The summed E-state index contributed by atoms with van der Waals surface area (Å²) in [4.78, 5) is 6.27. The number of hydroxylamine groups is 2. The Bertz CT molecular complexity index is 466. The Morgan fingerprint density at radius 2 is 1.64 bits per heavy atom. The van der Waals surface area contributed by atoms with E-state index >= 15 is 0 Å². The molecule has 4 heteroatoms. The Balaban J connectivity index is 2.20. The van der Waals surface area contributed by atoms with Gasteiger partial charge in [0.15, 0.2) is 0 Å². The fraction of sp³-hybridized carbons (Fsp3) is 0.667. The molecule has 1 aromatic carbocycles. The molecule has 1 N–H and O–H groups in total. The standard InChI is InChI=1S/C18H29NO3/c1-17(2)11-6-12-18(3,4)19(17)22-16(13-20)14-7-9-15(21-5)10-8-14/h7-10,16,20H,6,11-13H2,1-5H3/t16-/m0/s1. The van der Waals surface area contributed by atoms with Gasteiger partial charge < -0.3 is 9.84 Å². The van der Waals surface area contributed by atoms with Crippen molar-refractivity contribution < 1.29 is 14.7 Å². The smallest absolute Gasteiger partial charge is 0.127 e. The van der Waals surface area contributed by atoms with Gasteiger partial charge in [-0.15, -0.1) is 0 Å². The SMILES string of the molecule is COc1ccc([C@H](CO)ON2C(C)(C)CCCC2(C)C)cc1. The third-order valence-electron chi connectivity index (χ3n) is 4.56. The summed E-state index contributed by atoms with van der Waals surface area (Å²) in [5, 5.41) is 11.9. The second-order valence-electron chi connectivity index (χ2n) is 7.32. The molecule has 2 rings (SSSR count). The summed E-state index contributed by atoms with van der Waals surface area (Å²) in [6, 6.07) is 7.69. The number of hydrogen-bond acceptors (Lipinski definition) is 4. The van der Waals surface area contributed by atoms with Crippen molar-refractivity contribution in [3.05, 3.63) is 29.8 Å².